The van der Waals surface area contributed by atoms with Crippen molar-refractivity contribution < 1.29 is 18.0 Å². The van der Waals surface area contributed by atoms with Gasteiger partial charge in [0.25, 0.3) is 0 Å². The van der Waals surface area contributed by atoms with Crippen LogP contribution in [-0.4, -0.2) is 62.1 Å². The van der Waals surface area contributed by atoms with Gasteiger partial charge in [-0.15, -0.1) is 0 Å². The average molecular weight is 330 g/mol. The van der Waals surface area contributed by atoms with Gasteiger partial charge in [0, 0.05) is 27.7 Å². The fourth-order valence-electron chi connectivity index (χ4n) is 1.96. The Balaban J connectivity index is 2.52. The summed E-state index contributed by atoms with van der Waals surface area (Å²) in [4.78, 5) is 18.2. The normalized spacial score (nSPS) is 12.0. The second kappa shape index (κ2) is 8.40. The molecule has 0 bridgehead atoms. The number of amides is 1. The summed E-state index contributed by atoms with van der Waals surface area (Å²) in [5.41, 5.74) is 1.05. The van der Waals surface area contributed by atoms with E-state index >= 15 is 0 Å². The van der Waals surface area contributed by atoms with Crippen LogP contribution in [0.2, 0.25) is 0 Å². The van der Waals surface area contributed by atoms with Crippen molar-refractivity contribution in [1.29, 1.82) is 0 Å². The number of hydrogen-bond donors (Lipinski definition) is 1. The molecule has 0 aliphatic heterocycles. The summed E-state index contributed by atoms with van der Waals surface area (Å²) in [5.74, 6) is -0.223. The molecule has 1 rings (SSSR count). The summed E-state index contributed by atoms with van der Waals surface area (Å²) in [6.07, 6.45) is -4.41. The first-order valence-electron chi connectivity index (χ1n) is 6.99. The largest absolute Gasteiger partial charge is 0.406 e. The minimum atomic E-state index is -4.41. The lowest BCUT2D eigenvalue weighted by Gasteiger charge is -2.24. The van der Waals surface area contributed by atoms with Crippen molar-refractivity contribution >= 4 is 11.9 Å². The van der Waals surface area contributed by atoms with E-state index in [1.807, 2.05) is 30.3 Å². The fourth-order valence-corrected chi connectivity index (χ4v) is 1.96. The summed E-state index contributed by atoms with van der Waals surface area (Å²) < 4.78 is 36.8. The molecule has 0 saturated carbocycles. The van der Waals surface area contributed by atoms with Crippen molar-refractivity contribution in [2.24, 2.45) is 4.99 Å². The minimum absolute atomic E-state index is 0.252. The summed E-state index contributed by atoms with van der Waals surface area (Å²) in [7, 11) is 4.45. The molecule has 8 heteroatoms. The van der Waals surface area contributed by atoms with Crippen LogP contribution in [0.4, 0.5) is 13.2 Å². The average Bonchev–Trinajstić information content (AvgIpc) is 2.46. The molecule has 0 atom stereocenters. The second-order valence-corrected chi connectivity index (χ2v) is 5.11. The molecule has 0 heterocycles. The van der Waals surface area contributed by atoms with E-state index in [1.165, 1.54) is 0 Å². The predicted octanol–water partition coefficient (Wildman–Crippen LogP) is 1.71. The maximum atomic E-state index is 12.3. The summed E-state index contributed by atoms with van der Waals surface area (Å²) in [6.45, 7) is -0.961. The number of likely N-dealkylation sites (N-methyl/N-ethyl adjacent to an activating group) is 1. The first kappa shape index (κ1) is 18.8. The third kappa shape index (κ3) is 7.03. The van der Waals surface area contributed by atoms with Crippen LogP contribution >= 0.6 is 0 Å². The lowest BCUT2D eigenvalue weighted by Crippen LogP contribution is -2.45. The molecule has 0 aliphatic carbocycles. The Morgan fingerprint density at radius 1 is 1.17 bits per heavy atom. The molecule has 1 aromatic rings. The van der Waals surface area contributed by atoms with E-state index in [2.05, 4.69) is 10.3 Å². The first-order valence-corrected chi connectivity index (χ1v) is 6.99. The number of nitrogens with zero attached hydrogens (tertiary/aromatic N) is 3. The topological polar surface area (TPSA) is 47.9 Å². The van der Waals surface area contributed by atoms with Gasteiger partial charge in [-0.3, -0.25) is 9.79 Å². The molecule has 0 fully saturated rings. The Bertz CT molecular complexity index is 531. The van der Waals surface area contributed by atoms with Crippen molar-refractivity contribution in [1.82, 2.24) is 15.1 Å². The Kier molecular flexibility index (Phi) is 6.87. The predicted molar refractivity (Wildman–Crippen MR) is 83.0 cm³/mol. The molecule has 5 nitrogen and oxygen atoms in total. The van der Waals surface area contributed by atoms with Gasteiger partial charge < -0.3 is 15.1 Å². The third-order valence-corrected chi connectivity index (χ3v) is 3.08. The smallest absolute Gasteiger partial charge is 0.347 e. The minimum Gasteiger partial charge on any atom is -0.347 e. The number of halogens is 3. The number of hydrogen-bond acceptors (Lipinski definition) is 2. The number of benzene rings is 1. The monoisotopic (exact) mass is 330 g/mol. The summed E-state index contributed by atoms with van der Waals surface area (Å²) >= 11 is 0. The highest BCUT2D eigenvalue weighted by atomic mass is 19.4. The van der Waals surface area contributed by atoms with Crippen LogP contribution in [0.3, 0.4) is 0 Å². The summed E-state index contributed by atoms with van der Waals surface area (Å²) in [5, 5.41) is 2.77. The lowest BCUT2D eigenvalue weighted by atomic mass is 10.2. The van der Waals surface area contributed by atoms with Gasteiger partial charge in [-0.25, -0.2) is 0 Å². The number of rotatable bonds is 5. The van der Waals surface area contributed by atoms with Crippen molar-refractivity contribution in [2.75, 3.05) is 34.2 Å². The molecule has 1 aromatic carbocycles. The Morgan fingerprint density at radius 2 is 1.78 bits per heavy atom. The van der Waals surface area contributed by atoms with Crippen LogP contribution < -0.4 is 5.32 Å². The van der Waals surface area contributed by atoms with Crippen molar-refractivity contribution in [3.63, 3.8) is 0 Å². The van der Waals surface area contributed by atoms with Crippen molar-refractivity contribution in [3.05, 3.63) is 35.9 Å². The fraction of sp³-hybridized carbons (Fsp3) is 0.467. The first-order chi connectivity index (χ1) is 10.7. The highest BCUT2D eigenvalue weighted by Gasteiger charge is 2.31. The van der Waals surface area contributed by atoms with Crippen molar-refractivity contribution in [3.8, 4) is 0 Å². The standard InChI is InChI=1S/C15H21F3N4O/c1-19-14(21(2)10-12-7-5-4-6-8-12)20-9-13(23)22(3)11-15(16,17)18/h4-8H,9-11H2,1-3H3,(H,19,20). The number of alkyl halides is 3. The molecule has 1 N–H and O–H groups in total. The van der Waals surface area contributed by atoms with Gasteiger partial charge in [0.1, 0.15) is 6.54 Å². The number of guanidine groups is 1. The maximum absolute atomic E-state index is 12.3. The molecule has 0 unspecified atom stereocenters. The Morgan fingerprint density at radius 3 is 2.30 bits per heavy atom. The highest BCUT2D eigenvalue weighted by Crippen LogP contribution is 2.15. The van der Waals surface area contributed by atoms with Crippen LogP contribution in [0.1, 0.15) is 5.56 Å². The number of nitrogens with one attached hydrogen (secondary N) is 1. The lowest BCUT2D eigenvalue weighted by molar-refractivity contribution is -0.157. The summed E-state index contributed by atoms with van der Waals surface area (Å²) in [6, 6.07) is 9.63. The van der Waals surface area contributed by atoms with Gasteiger partial charge in [-0.2, -0.15) is 13.2 Å². The quantitative estimate of drug-likeness (QED) is 0.660. The van der Waals surface area contributed by atoms with E-state index < -0.39 is 18.6 Å². The molecule has 0 saturated heterocycles. The molecule has 1 amide bonds. The van der Waals surface area contributed by atoms with E-state index in [0.29, 0.717) is 17.4 Å². The molecular weight excluding hydrogens is 309 g/mol. The molecule has 0 aliphatic rings. The van der Waals surface area contributed by atoms with Crippen molar-refractivity contribution in [2.45, 2.75) is 12.7 Å². The van der Waals surface area contributed by atoms with E-state index in [4.69, 9.17) is 0 Å². The SMILES string of the molecule is CN=C(NCC(=O)N(C)CC(F)(F)F)N(C)Cc1ccccc1. The molecule has 0 aromatic heterocycles. The van der Waals surface area contributed by atoms with E-state index in [9.17, 15) is 18.0 Å². The second-order valence-electron chi connectivity index (χ2n) is 5.11. The van der Waals surface area contributed by atoms with Gasteiger partial charge in [-0.05, 0) is 5.56 Å². The molecule has 0 radical (unpaired) electrons. The van der Waals surface area contributed by atoms with Crippen LogP contribution in [0, 0.1) is 0 Å². The molecule has 128 valence electrons. The maximum Gasteiger partial charge on any atom is 0.406 e. The Hall–Kier alpha value is -2.25. The van der Waals surface area contributed by atoms with E-state index in [1.54, 1.807) is 19.0 Å². The van der Waals surface area contributed by atoms with Crippen LogP contribution in [-0.2, 0) is 11.3 Å². The van der Waals surface area contributed by atoms with E-state index in [-0.39, 0.29) is 6.54 Å². The highest BCUT2D eigenvalue weighted by molar-refractivity contribution is 5.86. The molecule has 0 spiro atoms. The zero-order valence-electron chi connectivity index (χ0n) is 13.4. The van der Waals surface area contributed by atoms with Crippen LogP contribution in [0.5, 0.6) is 0 Å². The zero-order valence-corrected chi connectivity index (χ0v) is 13.4. The van der Waals surface area contributed by atoms with Gasteiger partial charge in [0.2, 0.25) is 5.91 Å². The van der Waals surface area contributed by atoms with Gasteiger partial charge in [0.15, 0.2) is 5.96 Å². The zero-order chi connectivity index (χ0) is 17.5. The van der Waals surface area contributed by atoms with Gasteiger partial charge >= 0.3 is 6.18 Å². The van der Waals surface area contributed by atoms with Crippen LogP contribution in [0.25, 0.3) is 0 Å². The van der Waals surface area contributed by atoms with Gasteiger partial charge in [0.05, 0.1) is 6.54 Å². The molecular formula is C15H21F3N4O. The Labute approximate surface area is 133 Å². The third-order valence-electron chi connectivity index (χ3n) is 3.08. The van der Waals surface area contributed by atoms with Crippen LogP contribution in [0.15, 0.2) is 35.3 Å². The number of aliphatic imine (C=N–C) groups is 1. The number of carbonyl (C=O) groups excluding carboxylic acids is 1. The van der Waals surface area contributed by atoms with Gasteiger partial charge in [-0.1, -0.05) is 30.3 Å². The van der Waals surface area contributed by atoms with E-state index in [0.717, 1.165) is 12.6 Å². The number of carbonyl (C=O) groups is 1. The molecule has 23 heavy (non-hydrogen) atoms.